The molecule has 118 valence electrons. The van der Waals surface area contributed by atoms with Gasteiger partial charge < -0.3 is 24.4 Å². The first kappa shape index (κ1) is 21.9. The van der Waals surface area contributed by atoms with Crippen LogP contribution in [0, 0.1) is 0 Å². The monoisotopic (exact) mass is 396 g/mol. The van der Waals surface area contributed by atoms with Crippen molar-refractivity contribution in [3.63, 3.8) is 0 Å². The molecular formula is C13H30O5Te. The number of hydrogen-bond acceptors (Lipinski definition) is 5. The summed E-state index contributed by atoms with van der Waals surface area (Å²) in [4.78, 5) is 0. The van der Waals surface area contributed by atoms with Gasteiger partial charge in [-0.15, -0.1) is 0 Å². The summed E-state index contributed by atoms with van der Waals surface area (Å²) in [6.07, 6.45) is 3.93. The maximum atomic E-state index is 9.21. The van der Waals surface area contributed by atoms with Crippen LogP contribution in [-0.4, -0.2) is 85.7 Å². The molecule has 0 aliphatic carbocycles. The van der Waals surface area contributed by atoms with Gasteiger partial charge in [-0.2, -0.15) is 0 Å². The van der Waals surface area contributed by atoms with Gasteiger partial charge in [0.25, 0.3) is 0 Å². The van der Waals surface area contributed by atoms with E-state index in [1.807, 2.05) is 0 Å². The molecule has 1 aliphatic rings. The molecule has 6 heteroatoms. The third-order valence-electron chi connectivity index (χ3n) is 2.14. The van der Waals surface area contributed by atoms with E-state index in [0.29, 0.717) is 26.4 Å². The Bertz CT molecular complexity index is 157. The van der Waals surface area contributed by atoms with E-state index in [0.717, 1.165) is 13.2 Å². The van der Waals surface area contributed by atoms with Gasteiger partial charge in [0.1, 0.15) is 0 Å². The van der Waals surface area contributed by atoms with Crippen molar-refractivity contribution in [2.75, 3.05) is 46.2 Å². The van der Waals surface area contributed by atoms with Crippen LogP contribution in [0.15, 0.2) is 0 Å². The molecule has 0 bridgehead atoms. The molecule has 1 aliphatic heterocycles. The molecule has 0 spiro atoms. The number of aliphatic hydroxyl groups excluding tert-OH is 1. The Morgan fingerprint density at radius 2 is 1.58 bits per heavy atom. The number of ether oxygens (including phenoxy) is 3. The summed E-state index contributed by atoms with van der Waals surface area (Å²) in [7, 11) is 0. The van der Waals surface area contributed by atoms with Crippen molar-refractivity contribution < 1.29 is 24.4 Å². The van der Waals surface area contributed by atoms with Gasteiger partial charge in [0.05, 0.1) is 38.6 Å². The number of rotatable bonds is 7. The minimum atomic E-state index is -0.781. The molecule has 0 saturated carbocycles. The first-order valence-electron chi connectivity index (χ1n) is 6.63. The summed E-state index contributed by atoms with van der Waals surface area (Å²) in [5.41, 5.74) is -0.781. The fourth-order valence-corrected chi connectivity index (χ4v) is 1.29. The van der Waals surface area contributed by atoms with Gasteiger partial charge in [-0.1, -0.05) is 0 Å². The van der Waals surface area contributed by atoms with Crippen LogP contribution in [-0.2, 0) is 14.2 Å². The van der Waals surface area contributed by atoms with Crippen molar-refractivity contribution in [1.82, 2.24) is 0 Å². The molecule has 0 aromatic carbocycles. The average Bonchev–Trinajstić information content (AvgIpc) is 2.35. The second-order valence-electron chi connectivity index (χ2n) is 4.87. The van der Waals surface area contributed by atoms with Gasteiger partial charge in [-0.25, -0.2) is 0 Å². The molecule has 0 unspecified atom stereocenters. The quantitative estimate of drug-likeness (QED) is 0.472. The van der Waals surface area contributed by atoms with E-state index in [-0.39, 0.29) is 30.3 Å². The van der Waals surface area contributed by atoms with Crippen LogP contribution in [0.2, 0.25) is 0 Å². The van der Waals surface area contributed by atoms with Gasteiger partial charge >= 0.3 is 23.7 Å². The molecule has 1 fully saturated rings. The molecule has 1 heterocycles. The summed E-state index contributed by atoms with van der Waals surface area (Å²) in [5, 5.41) is 17.6. The Labute approximate surface area is 133 Å². The third-order valence-corrected chi connectivity index (χ3v) is 2.14. The molecule has 5 nitrogen and oxygen atoms in total. The molecule has 0 atom stereocenters. The predicted molar refractivity (Wildman–Crippen MR) is 78.2 cm³/mol. The van der Waals surface area contributed by atoms with E-state index in [1.54, 1.807) is 13.8 Å². The molecule has 1 saturated heterocycles. The van der Waals surface area contributed by atoms with Crippen molar-refractivity contribution in [3.05, 3.63) is 0 Å². The summed E-state index contributed by atoms with van der Waals surface area (Å²) >= 11 is 0. The average molecular weight is 394 g/mol. The SMILES string of the molecule is C1CCOCC1.CC(C)(O)COCCOCCO.[TeH2]. The second kappa shape index (κ2) is 15.0. The topological polar surface area (TPSA) is 68.2 Å². The van der Waals surface area contributed by atoms with Gasteiger partial charge in [0.2, 0.25) is 0 Å². The summed E-state index contributed by atoms with van der Waals surface area (Å²) in [6, 6.07) is 0. The second-order valence-corrected chi connectivity index (χ2v) is 4.87. The van der Waals surface area contributed by atoms with Crippen LogP contribution >= 0.6 is 0 Å². The van der Waals surface area contributed by atoms with Crippen molar-refractivity contribution in [3.8, 4) is 0 Å². The van der Waals surface area contributed by atoms with E-state index in [4.69, 9.17) is 19.3 Å². The molecule has 2 N–H and O–H groups in total. The van der Waals surface area contributed by atoms with Crippen LogP contribution in [0.3, 0.4) is 0 Å². The molecule has 0 aromatic rings. The van der Waals surface area contributed by atoms with Gasteiger partial charge in [-0.05, 0) is 33.1 Å². The Balaban J connectivity index is 0. The molecular weight excluding hydrogens is 364 g/mol. The Morgan fingerprint density at radius 3 is 1.95 bits per heavy atom. The van der Waals surface area contributed by atoms with Crippen LogP contribution in [0.5, 0.6) is 0 Å². The van der Waals surface area contributed by atoms with Crippen LogP contribution in [0.4, 0.5) is 0 Å². The van der Waals surface area contributed by atoms with Crippen LogP contribution < -0.4 is 0 Å². The van der Waals surface area contributed by atoms with E-state index >= 15 is 0 Å². The standard InChI is InChI=1S/C8H18O4.C5H10O.H2Te/c1-8(2,10)7-12-6-5-11-4-3-9;1-2-4-6-5-3-1;/h9-10H,3-7H2,1-2H3;1-5H2;1H2. The van der Waals surface area contributed by atoms with E-state index in [1.165, 1.54) is 19.3 Å². The van der Waals surface area contributed by atoms with E-state index in [9.17, 15) is 5.11 Å². The number of aliphatic hydroxyl groups is 2. The zero-order chi connectivity index (χ0) is 13.7. The minimum absolute atomic E-state index is 0. The van der Waals surface area contributed by atoms with Gasteiger partial charge in [0, 0.05) is 13.2 Å². The predicted octanol–water partition coefficient (Wildman–Crippen LogP) is 0.0535. The van der Waals surface area contributed by atoms with Crippen molar-refractivity contribution >= 4 is 23.7 Å². The molecule has 19 heavy (non-hydrogen) atoms. The fraction of sp³-hybridized carbons (Fsp3) is 1.00. The zero-order valence-corrected chi connectivity index (χ0v) is 15.0. The van der Waals surface area contributed by atoms with Crippen molar-refractivity contribution in [2.24, 2.45) is 0 Å². The molecule has 0 aromatic heterocycles. The molecule has 0 radical (unpaired) electrons. The van der Waals surface area contributed by atoms with Crippen molar-refractivity contribution in [1.29, 1.82) is 0 Å². The normalized spacial score (nSPS) is 15.2. The first-order chi connectivity index (χ1) is 8.56. The number of hydrogen-bond donors (Lipinski definition) is 2. The first-order valence-corrected chi connectivity index (χ1v) is 6.63. The van der Waals surface area contributed by atoms with Crippen molar-refractivity contribution in [2.45, 2.75) is 38.7 Å². The zero-order valence-electron chi connectivity index (χ0n) is 12.2. The van der Waals surface area contributed by atoms with Crippen LogP contribution in [0.1, 0.15) is 33.1 Å². The molecule has 0 amide bonds. The Hall–Kier alpha value is 0.590. The van der Waals surface area contributed by atoms with Gasteiger partial charge in [0.15, 0.2) is 0 Å². The van der Waals surface area contributed by atoms with Crippen LogP contribution in [0.25, 0.3) is 0 Å². The van der Waals surface area contributed by atoms with E-state index in [2.05, 4.69) is 0 Å². The van der Waals surface area contributed by atoms with E-state index < -0.39 is 5.60 Å². The molecule has 1 rings (SSSR count). The summed E-state index contributed by atoms with van der Waals surface area (Å²) in [5.74, 6) is 0. The summed E-state index contributed by atoms with van der Waals surface area (Å²) in [6.45, 7) is 6.94. The Morgan fingerprint density at radius 1 is 1.00 bits per heavy atom. The Kier molecular flexibility index (Phi) is 17.3. The fourth-order valence-electron chi connectivity index (χ4n) is 1.29. The van der Waals surface area contributed by atoms with Gasteiger partial charge in [-0.3, -0.25) is 0 Å². The maximum absolute atomic E-state index is 9.21. The third kappa shape index (κ3) is 21.1. The summed E-state index contributed by atoms with van der Waals surface area (Å²) < 4.78 is 15.1.